The normalized spacial score (nSPS) is 18.6. The van der Waals surface area contributed by atoms with Crippen LogP contribution in [-0.2, 0) is 6.18 Å². The molecule has 0 heterocycles. The quantitative estimate of drug-likeness (QED) is 0.880. The predicted octanol–water partition coefficient (Wildman–Crippen LogP) is 4.08. The second-order valence-electron chi connectivity index (χ2n) is 5.01. The van der Waals surface area contributed by atoms with Gasteiger partial charge in [0.25, 0.3) is 0 Å². The molecule has 0 spiro atoms. The Morgan fingerprint density at radius 2 is 1.84 bits per heavy atom. The van der Waals surface area contributed by atoms with Crippen molar-refractivity contribution in [1.29, 1.82) is 0 Å². The highest BCUT2D eigenvalue weighted by atomic mass is 35.5. The molecule has 1 aliphatic carbocycles. The Labute approximate surface area is 114 Å². The summed E-state index contributed by atoms with van der Waals surface area (Å²) in [5.41, 5.74) is -1.33. The summed E-state index contributed by atoms with van der Waals surface area (Å²) in [6.07, 6.45) is -1.19. The van der Waals surface area contributed by atoms with Crippen LogP contribution in [0.15, 0.2) is 18.2 Å². The number of alkyl halides is 3. The smallest absolute Gasteiger partial charge is 0.388 e. The molecule has 0 aliphatic heterocycles. The third-order valence-electron chi connectivity index (χ3n) is 3.38. The van der Waals surface area contributed by atoms with Crippen LogP contribution in [-0.4, -0.2) is 17.3 Å². The van der Waals surface area contributed by atoms with Crippen molar-refractivity contribution in [3.05, 3.63) is 28.8 Å². The molecule has 0 amide bonds. The monoisotopic (exact) mass is 293 g/mol. The molecule has 1 aliphatic rings. The molecule has 0 saturated heterocycles. The van der Waals surface area contributed by atoms with Crippen LogP contribution in [0.5, 0.6) is 0 Å². The van der Waals surface area contributed by atoms with E-state index >= 15 is 0 Å². The molecule has 0 atom stereocenters. The average Bonchev–Trinajstić information content (AvgIpc) is 2.72. The first kappa shape index (κ1) is 14.5. The zero-order valence-electron chi connectivity index (χ0n) is 10.2. The molecule has 1 fully saturated rings. The van der Waals surface area contributed by atoms with Crippen LogP contribution < -0.4 is 5.32 Å². The van der Waals surface area contributed by atoms with Crippen LogP contribution in [0.25, 0.3) is 0 Å². The third kappa shape index (κ3) is 3.76. The second-order valence-corrected chi connectivity index (χ2v) is 5.45. The number of anilines is 1. The molecule has 19 heavy (non-hydrogen) atoms. The van der Waals surface area contributed by atoms with Gasteiger partial charge in [0.2, 0.25) is 0 Å². The van der Waals surface area contributed by atoms with Gasteiger partial charge in [0.15, 0.2) is 0 Å². The molecule has 6 heteroatoms. The van der Waals surface area contributed by atoms with Crippen LogP contribution >= 0.6 is 11.6 Å². The summed E-state index contributed by atoms with van der Waals surface area (Å²) in [5, 5.41) is 13.0. The highest BCUT2D eigenvalue weighted by Gasteiger charge is 2.32. The van der Waals surface area contributed by atoms with Gasteiger partial charge in [0.1, 0.15) is 0 Å². The van der Waals surface area contributed by atoms with Crippen molar-refractivity contribution in [3.63, 3.8) is 0 Å². The Kier molecular flexibility index (Phi) is 3.97. The summed E-state index contributed by atoms with van der Waals surface area (Å²) < 4.78 is 37.9. The van der Waals surface area contributed by atoms with Crippen molar-refractivity contribution in [3.8, 4) is 0 Å². The molecule has 2 nitrogen and oxygen atoms in total. The van der Waals surface area contributed by atoms with Gasteiger partial charge >= 0.3 is 6.18 Å². The molecule has 2 rings (SSSR count). The lowest BCUT2D eigenvalue weighted by Crippen LogP contribution is -2.33. The summed E-state index contributed by atoms with van der Waals surface area (Å²) in [6.45, 7) is 0.241. The van der Waals surface area contributed by atoms with E-state index in [-0.39, 0.29) is 17.3 Å². The number of hydrogen-bond donors (Lipinski definition) is 2. The average molecular weight is 294 g/mol. The van der Waals surface area contributed by atoms with Crippen LogP contribution in [0, 0.1) is 0 Å². The summed E-state index contributed by atoms with van der Waals surface area (Å²) in [4.78, 5) is 0. The molecule has 1 aromatic carbocycles. The van der Waals surface area contributed by atoms with Gasteiger partial charge in [-0.25, -0.2) is 0 Å². The van der Waals surface area contributed by atoms with Crippen LogP contribution in [0.1, 0.15) is 31.2 Å². The maximum absolute atomic E-state index is 12.6. The molecule has 0 unspecified atom stereocenters. The SMILES string of the molecule is OC1(CNc2cc(Cl)cc(C(F)(F)F)c2)CCCC1. The molecule has 1 aromatic rings. The van der Waals surface area contributed by atoms with E-state index in [0.29, 0.717) is 12.8 Å². The fourth-order valence-corrected chi connectivity index (χ4v) is 2.57. The van der Waals surface area contributed by atoms with Crippen LogP contribution in [0.3, 0.4) is 0 Å². The van der Waals surface area contributed by atoms with E-state index in [4.69, 9.17) is 11.6 Å². The van der Waals surface area contributed by atoms with Gasteiger partial charge in [-0.2, -0.15) is 13.2 Å². The van der Waals surface area contributed by atoms with Crippen molar-refractivity contribution in [2.45, 2.75) is 37.5 Å². The minimum Gasteiger partial charge on any atom is -0.388 e. The van der Waals surface area contributed by atoms with E-state index in [1.807, 2.05) is 0 Å². The number of halogens is 4. The van der Waals surface area contributed by atoms with Crippen molar-refractivity contribution < 1.29 is 18.3 Å². The number of hydrogen-bond acceptors (Lipinski definition) is 2. The van der Waals surface area contributed by atoms with Crippen molar-refractivity contribution >= 4 is 17.3 Å². The van der Waals surface area contributed by atoms with Crippen molar-refractivity contribution in [1.82, 2.24) is 0 Å². The van der Waals surface area contributed by atoms with Crippen LogP contribution in [0.2, 0.25) is 5.02 Å². The van der Waals surface area contributed by atoms with E-state index in [1.165, 1.54) is 6.07 Å². The van der Waals surface area contributed by atoms with E-state index < -0.39 is 17.3 Å². The zero-order chi connectivity index (χ0) is 14.1. The number of nitrogens with one attached hydrogen (secondary N) is 1. The number of aliphatic hydroxyl groups is 1. The molecule has 106 valence electrons. The molecule has 2 N–H and O–H groups in total. The van der Waals surface area contributed by atoms with Gasteiger partial charge in [0, 0.05) is 17.3 Å². The number of rotatable bonds is 3. The minimum absolute atomic E-state index is 0.0238. The predicted molar refractivity (Wildman–Crippen MR) is 68.4 cm³/mol. The second kappa shape index (κ2) is 5.21. The highest BCUT2D eigenvalue weighted by molar-refractivity contribution is 6.30. The first-order valence-electron chi connectivity index (χ1n) is 6.13. The molecule has 0 bridgehead atoms. The molecule has 0 aromatic heterocycles. The topological polar surface area (TPSA) is 32.3 Å². The van der Waals surface area contributed by atoms with Gasteiger partial charge in [-0.05, 0) is 31.0 Å². The van der Waals surface area contributed by atoms with Gasteiger partial charge in [-0.15, -0.1) is 0 Å². The number of benzene rings is 1. The Balaban J connectivity index is 2.10. The molecular formula is C13H15ClF3NO. The van der Waals surface area contributed by atoms with Crippen LogP contribution in [0.4, 0.5) is 18.9 Å². The Morgan fingerprint density at radius 3 is 2.42 bits per heavy atom. The lowest BCUT2D eigenvalue weighted by atomic mass is 10.0. The fourth-order valence-electron chi connectivity index (χ4n) is 2.33. The molecule has 1 saturated carbocycles. The third-order valence-corrected chi connectivity index (χ3v) is 3.60. The van der Waals surface area contributed by atoms with Crippen molar-refractivity contribution in [2.24, 2.45) is 0 Å². The first-order chi connectivity index (χ1) is 8.78. The zero-order valence-corrected chi connectivity index (χ0v) is 11.0. The molecular weight excluding hydrogens is 279 g/mol. The largest absolute Gasteiger partial charge is 0.416 e. The summed E-state index contributed by atoms with van der Waals surface area (Å²) in [7, 11) is 0. The fraction of sp³-hybridized carbons (Fsp3) is 0.538. The maximum atomic E-state index is 12.6. The lowest BCUT2D eigenvalue weighted by Gasteiger charge is -2.23. The standard InChI is InChI=1S/C13H15ClF3NO/c14-10-5-9(13(15,16)17)6-11(7-10)18-8-12(19)3-1-2-4-12/h5-7,18-19H,1-4,8H2. The lowest BCUT2D eigenvalue weighted by molar-refractivity contribution is -0.137. The summed E-state index contributed by atoms with van der Waals surface area (Å²) in [5.74, 6) is 0. The highest BCUT2D eigenvalue weighted by Crippen LogP contribution is 2.34. The van der Waals surface area contributed by atoms with Crippen molar-refractivity contribution in [2.75, 3.05) is 11.9 Å². The van der Waals surface area contributed by atoms with Gasteiger partial charge in [-0.1, -0.05) is 24.4 Å². The van der Waals surface area contributed by atoms with Gasteiger partial charge in [0.05, 0.1) is 11.2 Å². The van der Waals surface area contributed by atoms with Gasteiger partial charge in [-0.3, -0.25) is 0 Å². The van der Waals surface area contributed by atoms with E-state index in [1.54, 1.807) is 0 Å². The van der Waals surface area contributed by atoms with Gasteiger partial charge < -0.3 is 10.4 Å². The Hall–Kier alpha value is -0.940. The Morgan fingerprint density at radius 1 is 1.21 bits per heavy atom. The Bertz CT molecular complexity index is 456. The minimum atomic E-state index is -4.43. The summed E-state index contributed by atoms with van der Waals surface area (Å²) >= 11 is 5.68. The van der Waals surface area contributed by atoms with E-state index in [2.05, 4.69) is 5.32 Å². The first-order valence-corrected chi connectivity index (χ1v) is 6.50. The van der Waals surface area contributed by atoms with E-state index in [9.17, 15) is 18.3 Å². The molecule has 0 radical (unpaired) electrons. The van der Waals surface area contributed by atoms with E-state index in [0.717, 1.165) is 25.0 Å². The maximum Gasteiger partial charge on any atom is 0.416 e. The summed E-state index contributed by atoms with van der Waals surface area (Å²) in [6, 6.07) is 3.32.